The molecule has 0 aromatic heterocycles. The largest absolute Gasteiger partial charge is 0.493 e. The van der Waals surface area contributed by atoms with Crippen LogP contribution in [0.4, 0.5) is 5.69 Å². The lowest BCUT2D eigenvalue weighted by Gasteiger charge is -2.13. The van der Waals surface area contributed by atoms with Crippen molar-refractivity contribution in [2.24, 2.45) is 5.73 Å². The van der Waals surface area contributed by atoms with Crippen LogP contribution >= 0.6 is 0 Å². The fourth-order valence-corrected chi connectivity index (χ4v) is 3.16. The number of methoxy groups -OCH3 is 2. The van der Waals surface area contributed by atoms with E-state index >= 15 is 0 Å². The molecule has 8 heteroatoms. The monoisotopic (exact) mass is 384 g/mol. The molecule has 0 aliphatic carbocycles. The van der Waals surface area contributed by atoms with Gasteiger partial charge >= 0.3 is 5.97 Å². The van der Waals surface area contributed by atoms with Crippen molar-refractivity contribution in [3.8, 4) is 11.5 Å². The highest BCUT2D eigenvalue weighted by Crippen LogP contribution is 2.43. The van der Waals surface area contributed by atoms with Gasteiger partial charge in [0.15, 0.2) is 11.5 Å². The number of nitrogens with one attached hydrogen (secondary N) is 1. The number of carbonyl (C=O) groups excluding carboxylic acids is 3. The van der Waals surface area contributed by atoms with Crippen LogP contribution in [0.15, 0.2) is 36.4 Å². The van der Waals surface area contributed by atoms with Gasteiger partial charge in [-0.1, -0.05) is 18.2 Å². The number of cyclic esters (lactones) is 1. The van der Waals surface area contributed by atoms with Crippen molar-refractivity contribution in [3.05, 3.63) is 53.1 Å². The smallest absolute Gasteiger partial charge is 0.343 e. The van der Waals surface area contributed by atoms with Crippen molar-refractivity contribution < 1.29 is 28.6 Å². The molecule has 0 saturated heterocycles. The molecule has 28 heavy (non-hydrogen) atoms. The zero-order valence-electron chi connectivity index (χ0n) is 15.5. The first-order valence-electron chi connectivity index (χ1n) is 8.56. The van der Waals surface area contributed by atoms with E-state index in [-0.39, 0.29) is 30.1 Å². The second-order valence-corrected chi connectivity index (χ2v) is 6.26. The molecule has 0 bridgehead atoms. The Morgan fingerprint density at radius 1 is 1.18 bits per heavy atom. The first-order valence-corrected chi connectivity index (χ1v) is 8.56. The number of hydrogen-bond acceptors (Lipinski definition) is 6. The predicted molar refractivity (Wildman–Crippen MR) is 100 cm³/mol. The molecule has 3 rings (SSSR count). The second-order valence-electron chi connectivity index (χ2n) is 6.26. The molecule has 1 aliphatic rings. The van der Waals surface area contributed by atoms with Crippen LogP contribution in [0.5, 0.6) is 11.5 Å². The lowest BCUT2D eigenvalue weighted by molar-refractivity contribution is -0.118. The summed E-state index contributed by atoms with van der Waals surface area (Å²) in [7, 11) is 2.91. The van der Waals surface area contributed by atoms with Gasteiger partial charge in [0.05, 0.1) is 27.1 Å². The number of anilines is 1. The lowest BCUT2D eigenvalue weighted by atomic mass is 10.0. The van der Waals surface area contributed by atoms with E-state index in [1.807, 2.05) is 0 Å². The van der Waals surface area contributed by atoms with Crippen molar-refractivity contribution in [2.45, 2.75) is 18.9 Å². The molecule has 0 fully saturated rings. The van der Waals surface area contributed by atoms with E-state index in [0.717, 1.165) is 0 Å². The number of rotatable bonds is 7. The van der Waals surface area contributed by atoms with Crippen molar-refractivity contribution in [1.82, 2.24) is 0 Å². The molecular weight excluding hydrogens is 364 g/mol. The maximum atomic E-state index is 12.4. The minimum atomic E-state index is -0.726. The molecule has 2 aromatic carbocycles. The van der Waals surface area contributed by atoms with E-state index in [9.17, 15) is 14.4 Å². The third kappa shape index (κ3) is 3.90. The molecule has 146 valence electrons. The van der Waals surface area contributed by atoms with Gasteiger partial charge in [0.2, 0.25) is 11.8 Å². The minimum absolute atomic E-state index is 0.0612. The van der Waals surface area contributed by atoms with Crippen LogP contribution in [0, 0.1) is 0 Å². The molecule has 0 saturated carbocycles. The summed E-state index contributed by atoms with van der Waals surface area (Å²) in [5.74, 6) is -0.660. The maximum absolute atomic E-state index is 12.4. The SMILES string of the molecule is COc1ccc2c(c1OC)C(=O)O[C@@H]2CC(=O)Nc1cccc(CC(N)=O)c1. The van der Waals surface area contributed by atoms with Crippen LogP contribution in [-0.4, -0.2) is 32.0 Å². The van der Waals surface area contributed by atoms with Crippen LogP contribution < -0.4 is 20.5 Å². The second kappa shape index (κ2) is 7.99. The fraction of sp³-hybridized carbons (Fsp3) is 0.250. The quantitative estimate of drug-likeness (QED) is 0.705. The van der Waals surface area contributed by atoms with E-state index in [1.165, 1.54) is 14.2 Å². The molecule has 8 nitrogen and oxygen atoms in total. The summed E-state index contributed by atoms with van der Waals surface area (Å²) in [6.07, 6.45) is -0.705. The highest BCUT2D eigenvalue weighted by atomic mass is 16.6. The first kappa shape index (κ1) is 19.2. The third-order valence-corrected chi connectivity index (χ3v) is 4.34. The van der Waals surface area contributed by atoms with Crippen molar-refractivity contribution in [2.75, 3.05) is 19.5 Å². The van der Waals surface area contributed by atoms with E-state index < -0.39 is 18.0 Å². The number of nitrogens with two attached hydrogens (primary N) is 1. The Bertz CT molecular complexity index is 940. The number of amides is 2. The summed E-state index contributed by atoms with van der Waals surface area (Å²) in [4.78, 5) is 35.8. The van der Waals surface area contributed by atoms with Gasteiger partial charge in [-0.25, -0.2) is 4.79 Å². The molecule has 2 aromatic rings. The standard InChI is InChI=1S/C20H20N2O6/c1-26-14-7-6-13-15(28-20(25)18(13)19(14)27-2)10-17(24)22-12-5-3-4-11(8-12)9-16(21)23/h3-8,15H,9-10H2,1-2H3,(H2,21,23)(H,22,24)/t15-/m1/s1. The van der Waals surface area contributed by atoms with Gasteiger partial charge < -0.3 is 25.3 Å². The Balaban J connectivity index is 1.75. The van der Waals surface area contributed by atoms with Gasteiger partial charge in [-0.3, -0.25) is 9.59 Å². The molecule has 1 aliphatic heterocycles. The van der Waals surface area contributed by atoms with E-state index in [2.05, 4.69) is 5.32 Å². The number of fused-ring (bicyclic) bond motifs is 1. The molecule has 0 spiro atoms. The van der Waals surface area contributed by atoms with E-state index in [0.29, 0.717) is 22.6 Å². The topological polar surface area (TPSA) is 117 Å². The van der Waals surface area contributed by atoms with Crippen LogP contribution in [0.2, 0.25) is 0 Å². The Kier molecular flexibility index (Phi) is 5.49. The Morgan fingerprint density at radius 2 is 1.96 bits per heavy atom. The third-order valence-electron chi connectivity index (χ3n) is 4.34. The summed E-state index contributed by atoms with van der Waals surface area (Å²) in [5, 5.41) is 2.74. The van der Waals surface area contributed by atoms with Gasteiger partial charge in [0.25, 0.3) is 0 Å². The van der Waals surface area contributed by atoms with E-state index in [1.54, 1.807) is 36.4 Å². The number of esters is 1. The van der Waals surface area contributed by atoms with Crippen LogP contribution in [0.1, 0.15) is 34.0 Å². The van der Waals surface area contributed by atoms with Gasteiger partial charge in [0.1, 0.15) is 11.7 Å². The molecule has 0 unspecified atom stereocenters. The molecule has 1 atom stereocenters. The number of primary amides is 1. The summed E-state index contributed by atoms with van der Waals surface area (Å²) >= 11 is 0. The molecular formula is C20H20N2O6. The molecule has 1 heterocycles. The van der Waals surface area contributed by atoms with Crippen LogP contribution in [0.3, 0.4) is 0 Å². The Hall–Kier alpha value is -3.55. The number of ether oxygens (including phenoxy) is 3. The summed E-state index contributed by atoms with van der Waals surface area (Å²) < 4.78 is 15.8. The summed E-state index contributed by atoms with van der Waals surface area (Å²) in [5.41, 5.74) is 7.25. The predicted octanol–water partition coefficient (Wildman–Crippen LogP) is 1.97. The van der Waals surface area contributed by atoms with Gasteiger partial charge in [-0.15, -0.1) is 0 Å². The van der Waals surface area contributed by atoms with Gasteiger partial charge in [0, 0.05) is 11.3 Å². The molecule has 2 amide bonds. The average Bonchev–Trinajstić information content (AvgIpc) is 2.96. The van der Waals surface area contributed by atoms with Gasteiger partial charge in [-0.05, 0) is 23.8 Å². The van der Waals surface area contributed by atoms with Crippen molar-refractivity contribution in [3.63, 3.8) is 0 Å². The zero-order chi connectivity index (χ0) is 20.3. The molecule has 3 N–H and O–H groups in total. The highest BCUT2D eigenvalue weighted by molar-refractivity contribution is 5.99. The average molecular weight is 384 g/mol. The lowest BCUT2D eigenvalue weighted by Crippen LogP contribution is -2.16. The highest BCUT2D eigenvalue weighted by Gasteiger charge is 2.36. The molecule has 0 radical (unpaired) electrons. The summed E-state index contributed by atoms with van der Waals surface area (Å²) in [6.45, 7) is 0. The van der Waals surface area contributed by atoms with Crippen LogP contribution in [0.25, 0.3) is 0 Å². The normalized spacial score (nSPS) is 14.8. The first-order chi connectivity index (χ1) is 13.4. The Labute approximate surface area is 161 Å². The van der Waals surface area contributed by atoms with E-state index in [4.69, 9.17) is 19.9 Å². The number of benzene rings is 2. The number of hydrogen-bond donors (Lipinski definition) is 2. The van der Waals surface area contributed by atoms with Crippen molar-refractivity contribution >= 4 is 23.5 Å². The van der Waals surface area contributed by atoms with Crippen LogP contribution in [-0.2, 0) is 20.7 Å². The maximum Gasteiger partial charge on any atom is 0.343 e. The number of carbonyl (C=O) groups is 3. The van der Waals surface area contributed by atoms with Gasteiger partial charge in [-0.2, -0.15) is 0 Å². The zero-order valence-corrected chi connectivity index (χ0v) is 15.5. The fourth-order valence-electron chi connectivity index (χ4n) is 3.16. The van der Waals surface area contributed by atoms with Crippen molar-refractivity contribution in [1.29, 1.82) is 0 Å². The minimum Gasteiger partial charge on any atom is -0.493 e. The summed E-state index contributed by atoms with van der Waals surface area (Å²) in [6, 6.07) is 10.2. The Morgan fingerprint density at radius 3 is 2.64 bits per heavy atom.